The predicted octanol–water partition coefficient (Wildman–Crippen LogP) is -0.00330. The highest BCUT2D eigenvalue weighted by molar-refractivity contribution is 5.90. The Kier molecular flexibility index (Phi) is 4.93. The molecular weight excluding hydrogens is 244 g/mol. The summed E-state index contributed by atoms with van der Waals surface area (Å²) in [5.74, 6) is 0.280. The van der Waals surface area contributed by atoms with Gasteiger partial charge in [0.15, 0.2) is 5.82 Å². The Morgan fingerprint density at radius 2 is 2.42 bits per heavy atom. The monoisotopic (exact) mass is 266 g/mol. The van der Waals surface area contributed by atoms with Crippen LogP contribution in [0.1, 0.15) is 29.9 Å². The maximum Gasteiger partial charge on any atom is 0.287 e. The van der Waals surface area contributed by atoms with Crippen LogP contribution in [0, 0.1) is 0 Å². The van der Waals surface area contributed by atoms with Gasteiger partial charge < -0.3 is 15.0 Å². The lowest BCUT2D eigenvalue weighted by Crippen LogP contribution is -2.45. The molecule has 6 heteroatoms. The summed E-state index contributed by atoms with van der Waals surface area (Å²) in [5, 5.41) is 12.2. The lowest BCUT2D eigenvalue weighted by atomic mass is 10.0. The van der Waals surface area contributed by atoms with Crippen molar-refractivity contribution in [3.8, 4) is 0 Å². The van der Waals surface area contributed by atoms with Crippen LogP contribution in [-0.4, -0.2) is 57.7 Å². The van der Waals surface area contributed by atoms with Gasteiger partial charge in [0.2, 0.25) is 0 Å². The molecule has 0 radical (unpaired) electrons. The topological polar surface area (TPSA) is 70.4 Å². The van der Waals surface area contributed by atoms with E-state index in [1.54, 1.807) is 24.0 Å². The molecular formula is C13H22N4O2. The minimum Gasteiger partial charge on any atom is -0.395 e. The molecule has 0 aromatic carbocycles. The van der Waals surface area contributed by atoms with Gasteiger partial charge in [0.25, 0.3) is 5.91 Å². The van der Waals surface area contributed by atoms with Gasteiger partial charge in [-0.15, -0.1) is 0 Å². The number of rotatable bonds is 5. The highest BCUT2D eigenvalue weighted by Gasteiger charge is 2.21. The first-order valence-electron chi connectivity index (χ1n) is 6.83. The summed E-state index contributed by atoms with van der Waals surface area (Å²) in [7, 11) is 1.80. The smallest absolute Gasteiger partial charge is 0.287 e. The average molecular weight is 266 g/mol. The third kappa shape index (κ3) is 3.54. The lowest BCUT2D eigenvalue weighted by Gasteiger charge is -2.34. The molecule has 1 fully saturated rings. The van der Waals surface area contributed by atoms with Crippen molar-refractivity contribution in [3.05, 3.63) is 18.2 Å². The first kappa shape index (κ1) is 14.0. The number of nitrogens with one attached hydrogen (secondary N) is 1. The maximum atomic E-state index is 11.9. The molecule has 1 aliphatic rings. The van der Waals surface area contributed by atoms with Crippen LogP contribution in [-0.2, 0) is 7.05 Å². The number of hydrogen-bond donors (Lipinski definition) is 2. The fraction of sp³-hybridized carbons (Fsp3) is 0.692. The summed E-state index contributed by atoms with van der Waals surface area (Å²) in [6.45, 7) is 2.57. The molecule has 1 unspecified atom stereocenters. The molecule has 2 rings (SSSR count). The fourth-order valence-corrected chi connectivity index (χ4v) is 2.54. The Bertz CT molecular complexity index is 419. The fourth-order valence-electron chi connectivity index (χ4n) is 2.54. The minimum atomic E-state index is -0.148. The van der Waals surface area contributed by atoms with Gasteiger partial charge in [-0.1, -0.05) is 6.42 Å². The molecule has 0 spiro atoms. The van der Waals surface area contributed by atoms with Crippen LogP contribution in [0.2, 0.25) is 0 Å². The van der Waals surface area contributed by atoms with E-state index in [1.807, 2.05) is 0 Å². The number of aliphatic hydroxyl groups is 1. The molecule has 1 aromatic heterocycles. The average Bonchev–Trinajstić information content (AvgIpc) is 2.85. The summed E-state index contributed by atoms with van der Waals surface area (Å²) in [5.41, 5.74) is 0. The number of nitrogens with zero attached hydrogens (tertiary/aromatic N) is 3. The standard InChI is InChI=1S/C13H22N4O2/c1-16-8-5-14-12(16)13(19)15-6-9-17-7-3-2-4-11(17)10-18/h5,8,11,18H,2-4,6-7,9-10H2,1H3,(H,15,19). The van der Waals surface area contributed by atoms with E-state index in [9.17, 15) is 9.90 Å². The third-order valence-corrected chi connectivity index (χ3v) is 3.67. The number of imidazole rings is 1. The number of hydrogen-bond acceptors (Lipinski definition) is 4. The van der Waals surface area contributed by atoms with Gasteiger partial charge in [0.05, 0.1) is 6.61 Å². The van der Waals surface area contributed by atoms with E-state index < -0.39 is 0 Å². The number of carbonyl (C=O) groups excluding carboxylic acids is 1. The van der Waals surface area contributed by atoms with Crippen LogP contribution in [0.15, 0.2) is 12.4 Å². The molecule has 0 aliphatic carbocycles. The zero-order chi connectivity index (χ0) is 13.7. The zero-order valence-electron chi connectivity index (χ0n) is 11.4. The van der Waals surface area contributed by atoms with Crippen LogP contribution in [0.3, 0.4) is 0 Å². The summed E-state index contributed by atoms with van der Waals surface area (Å²) in [6.07, 6.45) is 6.76. The Morgan fingerprint density at radius 1 is 1.58 bits per heavy atom. The highest BCUT2D eigenvalue weighted by Crippen LogP contribution is 2.15. The molecule has 1 aliphatic heterocycles. The number of piperidine rings is 1. The van der Waals surface area contributed by atoms with E-state index in [4.69, 9.17) is 0 Å². The van der Waals surface area contributed by atoms with Crippen molar-refractivity contribution in [1.82, 2.24) is 19.8 Å². The predicted molar refractivity (Wildman–Crippen MR) is 71.8 cm³/mol. The van der Waals surface area contributed by atoms with Crippen molar-refractivity contribution in [3.63, 3.8) is 0 Å². The second kappa shape index (κ2) is 6.68. The maximum absolute atomic E-state index is 11.9. The first-order chi connectivity index (χ1) is 9.22. The van der Waals surface area contributed by atoms with Crippen molar-refractivity contribution >= 4 is 5.91 Å². The second-order valence-electron chi connectivity index (χ2n) is 4.99. The highest BCUT2D eigenvalue weighted by atomic mass is 16.3. The number of aromatic nitrogens is 2. The van der Waals surface area contributed by atoms with Crippen LogP contribution in [0.5, 0.6) is 0 Å². The SMILES string of the molecule is Cn1ccnc1C(=O)NCCN1CCCCC1CO. The van der Waals surface area contributed by atoms with E-state index in [0.717, 1.165) is 19.5 Å². The van der Waals surface area contributed by atoms with Gasteiger partial charge in [-0.25, -0.2) is 4.98 Å². The Balaban J connectivity index is 1.77. The Morgan fingerprint density at radius 3 is 3.11 bits per heavy atom. The van der Waals surface area contributed by atoms with Gasteiger partial charge in [-0.2, -0.15) is 0 Å². The van der Waals surface area contributed by atoms with Gasteiger partial charge in [-0.3, -0.25) is 9.69 Å². The number of likely N-dealkylation sites (tertiary alicyclic amines) is 1. The molecule has 1 atom stereocenters. The molecule has 19 heavy (non-hydrogen) atoms. The van der Waals surface area contributed by atoms with Crippen molar-refractivity contribution in [2.24, 2.45) is 7.05 Å². The Hall–Kier alpha value is -1.40. The van der Waals surface area contributed by atoms with E-state index in [2.05, 4.69) is 15.2 Å². The van der Waals surface area contributed by atoms with Crippen molar-refractivity contribution < 1.29 is 9.90 Å². The van der Waals surface area contributed by atoms with Crippen molar-refractivity contribution in [1.29, 1.82) is 0 Å². The molecule has 2 N–H and O–H groups in total. The second-order valence-corrected chi connectivity index (χ2v) is 4.99. The number of aryl methyl sites for hydroxylation is 1. The quantitative estimate of drug-likeness (QED) is 0.787. The Labute approximate surface area is 113 Å². The van der Waals surface area contributed by atoms with Crippen LogP contribution in [0.25, 0.3) is 0 Å². The molecule has 1 aromatic rings. The largest absolute Gasteiger partial charge is 0.395 e. The number of amides is 1. The van der Waals surface area contributed by atoms with E-state index >= 15 is 0 Å². The van der Waals surface area contributed by atoms with E-state index in [1.165, 1.54) is 12.8 Å². The molecule has 106 valence electrons. The zero-order valence-corrected chi connectivity index (χ0v) is 11.4. The third-order valence-electron chi connectivity index (χ3n) is 3.67. The number of carbonyl (C=O) groups is 1. The van der Waals surface area contributed by atoms with Gasteiger partial charge in [0, 0.05) is 38.6 Å². The summed E-state index contributed by atoms with van der Waals surface area (Å²) < 4.78 is 1.70. The van der Waals surface area contributed by atoms with Gasteiger partial charge >= 0.3 is 0 Å². The van der Waals surface area contributed by atoms with Gasteiger partial charge in [0.1, 0.15) is 0 Å². The van der Waals surface area contributed by atoms with Crippen LogP contribution in [0.4, 0.5) is 0 Å². The normalized spacial score (nSPS) is 20.4. The molecule has 6 nitrogen and oxygen atoms in total. The van der Waals surface area contributed by atoms with E-state index in [0.29, 0.717) is 12.4 Å². The van der Waals surface area contributed by atoms with Crippen LogP contribution >= 0.6 is 0 Å². The molecule has 0 bridgehead atoms. The summed E-state index contributed by atoms with van der Waals surface area (Å²) >= 11 is 0. The van der Waals surface area contributed by atoms with Gasteiger partial charge in [-0.05, 0) is 19.4 Å². The van der Waals surface area contributed by atoms with Crippen molar-refractivity contribution in [2.45, 2.75) is 25.3 Å². The first-order valence-corrected chi connectivity index (χ1v) is 6.83. The van der Waals surface area contributed by atoms with E-state index in [-0.39, 0.29) is 18.6 Å². The molecule has 1 saturated heterocycles. The number of aliphatic hydroxyl groups excluding tert-OH is 1. The molecule has 0 saturated carbocycles. The summed E-state index contributed by atoms with van der Waals surface area (Å²) in [6, 6.07) is 0.249. The minimum absolute atomic E-state index is 0.148. The lowest BCUT2D eigenvalue weighted by molar-refractivity contribution is 0.0842. The summed E-state index contributed by atoms with van der Waals surface area (Å²) in [4.78, 5) is 18.1. The van der Waals surface area contributed by atoms with Crippen LogP contribution < -0.4 is 5.32 Å². The molecule has 2 heterocycles. The molecule has 1 amide bonds. The van der Waals surface area contributed by atoms with Crippen molar-refractivity contribution in [2.75, 3.05) is 26.2 Å².